The second-order valence-corrected chi connectivity index (χ2v) is 7.09. The highest BCUT2D eigenvalue weighted by atomic mass is 35.5. The van der Waals surface area contributed by atoms with Crippen molar-refractivity contribution in [1.29, 1.82) is 0 Å². The number of nitrogens with zero attached hydrogens (tertiary/aromatic N) is 2. The lowest BCUT2D eigenvalue weighted by molar-refractivity contribution is -0.659. The Hall–Kier alpha value is -1.32. The van der Waals surface area contributed by atoms with Gasteiger partial charge in [0.25, 0.3) is 5.69 Å². The number of hydrogen-bond donors (Lipinski definition) is 2. The number of benzene rings is 1. The molecule has 0 spiro atoms. The Morgan fingerprint density at radius 1 is 1.22 bits per heavy atom. The summed E-state index contributed by atoms with van der Waals surface area (Å²) in [6.07, 6.45) is 2.24. The first-order chi connectivity index (χ1) is 10.4. The van der Waals surface area contributed by atoms with Gasteiger partial charge in [-0.3, -0.25) is 0 Å². The smallest absolute Gasteiger partial charge is 0.256 e. The molecule has 0 radical (unpaired) electrons. The maximum Gasteiger partial charge on any atom is 0.256 e. The maximum absolute atomic E-state index is 9.08. The molecule has 126 valence electrons. The SMILES string of the molecule is CS(=O)(=O)[O-].C[n+]1cc(N)nc(N)c1-c1cc(Cl)cc(Cl)c1Cl. The Bertz CT molecular complexity index is 813. The molecule has 0 aliphatic heterocycles. The van der Waals surface area contributed by atoms with Crippen LogP contribution in [-0.4, -0.2) is 24.2 Å². The summed E-state index contributed by atoms with van der Waals surface area (Å²) >= 11 is 18.1. The van der Waals surface area contributed by atoms with Crippen LogP contribution in [0.2, 0.25) is 15.1 Å². The van der Waals surface area contributed by atoms with Gasteiger partial charge in [0.15, 0.2) is 11.6 Å². The van der Waals surface area contributed by atoms with Gasteiger partial charge in [-0.1, -0.05) is 34.8 Å². The van der Waals surface area contributed by atoms with E-state index in [0.717, 1.165) is 0 Å². The van der Waals surface area contributed by atoms with E-state index in [0.29, 0.717) is 38.4 Å². The Kier molecular flexibility index (Phi) is 6.43. The molecular weight excluding hydrogens is 387 g/mol. The van der Waals surface area contributed by atoms with Crippen LogP contribution in [0.4, 0.5) is 11.6 Å². The summed E-state index contributed by atoms with van der Waals surface area (Å²) in [5, 5.41) is 1.20. The Morgan fingerprint density at radius 3 is 2.22 bits per heavy atom. The lowest BCUT2D eigenvalue weighted by atomic mass is 10.1. The lowest BCUT2D eigenvalue weighted by Crippen LogP contribution is -2.33. The summed E-state index contributed by atoms with van der Waals surface area (Å²) in [6, 6.07) is 3.25. The van der Waals surface area contributed by atoms with Crippen molar-refractivity contribution >= 4 is 56.6 Å². The molecule has 1 heterocycles. The van der Waals surface area contributed by atoms with E-state index in [1.807, 2.05) is 0 Å². The van der Waals surface area contributed by atoms with Crippen LogP contribution in [0.3, 0.4) is 0 Å². The standard InChI is InChI=1S/C11H10Cl3N4.CH4O3S/c1-18-4-8(15)17-11(16)10(18)6-2-5(12)3-7(13)9(6)14;1-5(2,3)4/h2-4H,1H3,(H4,15,16,17);1H3,(H,2,3,4)/q+1;/p-1. The van der Waals surface area contributed by atoms with Crippen LogP contribution in [0.5, 0.6) is 0 Å². The fourth-order valence-corrected chi connectivity index (χ4v) is 2.41. The normalized spacial score (nSPS) is 10.9. The molecule has 0 bridgehead atoms. The van der Waals surface area contributed by atoms with Gasteiger partial charge >= 0.3 is 0 Å². The maximum atomic E-state index is 9.08. The molecule has 7 nitrogen and oxygen atoms in total. The molecule has 23 heavy (non-hydrogen) atoms. The van der Waals surface area contributed by atoms with Gasteiger partial charge in [0.2, 0.25) is 6.20 Å². The Labute approximate surface area is 148 Å². The zero-order valence-corrected chi connectivity index (χ0v) is 15.1. The van der Waals surface area contributed by atoms with Crippen LogP contribution in [-0.2, 0) is 17.2 Å². The fourth-order valence-electron chi connectivity index (χ4n) is 1.72. The third-order valence-corrected chi connectivity index (χ3v) is 3.44. The molecule has 0 fully saturated rings. The van der Waals surface area contributed by atoms with E-state index < -0.39 is 10.1 Å². The summed E-state index contributed by atoms with van der Waals surface area (Å²) in [4.78, 5) is 4.00. The first kappa shape index (κ1) is 19.7. The van der Waals surface area contributed by atoms with Crippen molar-refractivity contribution in [3.8, 4) is 11.3 Å². The molecule has 1 aromatic heterocycles. The predicted octanol–water partition coefficient (Wildman–Crippen LogP) is 1.86. The summed E-state index contributed by atoms with van der Waals surface area (Å²) < 4.78 is 29.0. The van der Waals surface area contributed by atoms with Gasteiger partial charge in [0.05, 0.1) is 25.7 Å². The van der Waals surface area contributed by atoms with E-state index in [4.69, 9.17) is 59.2 Å². The number of aryl methyl sites for hydroxylation is 1. The largest absolute Gasteiger partial charge is 0.748 e. The van der Waals surface area contributed by atoms with Crippen LogP contribution >= 0.6 is 34.8 Å². The highest BCUT2D eigenvalue weighted by molar-refractivity contribution is 7.84. The van der Waals surface area contributed by atoms with Gasteiger partial charge in [-0.15, -0.1) is 0 Å². The van der Waals surface area contributed by atoms with Crippen molar-refractivity contribution in [2.75, 3.05) is 17.7 Å². The van der Waals surface area contributed by atoms with Crippen molar-refractivity contribution in [1.82, 2.24) is 4.98 Å². The molecular formula is C12H13Cl3N4O3S. The average Bonchev–Trinajstić information content (AvgIpc) is 2.31. The van der Waals surface area contributed by atoms with Crippen molar-refractivity contribution < 1.29 is 17.5 Å². The van der Waals surface area contributed by atoms with Gasteiger partial charge in [-0.25, -0.2) is 13.4 Å². The van der Waals surface area contributed by atoms with Gasteiger partial charge in [-0.2, -0.15) is 4.57 Å². The average molecular weight is 400 g/mol. The molecule has 4 N–H and O–H groups in total. The van der Waals surface area contributed by atoms with E-state index in [-0.39, 0.29) is 5.82 Å². The minimum atomic E-state index is -3.92. The van der Waals surface area contributed by atoms with E-state index in [9.17, 15) is 0 Å². The number of aromatic nitrogens is 2. The molecule has 0 atom stereocenters. The molecule has 0 saturated heterocycles. The number of nitrogen functional groups attached to an aromatic ring is 2. The monoisotopic (exact) mass is 398 g/mol. The van der Waals surface area contributed by atoms with Crippen LogP contribution < -0.4 is 16.0 Å². The number of nitrogens with two attached hydrogens (primary N) is 2. The molecule has 2 rings (SSSR count). The van der Waals surface area contributed by atoms with E-state index in [1.165, 1.54) is 0 Å². The lowest BCUT2D eigenvalue weighted by Gasteiger charge is -2.07. The molecule has 2 aromatic rings. The fraction of sp³-hybridized carbons (Fsp3) is 0.167. The van der Waals surface area contributed by atoms with Crippen molar-refractivity contribution in [3.63, 3.8) is 0 Å². The highest BCUT2D eigenvalue weighted by Gasteiger charge is 2.21. The number of hydrogen-bond acceptors (Lipinski definition) is 6. The topological polar surface area (TPSA) is 126 Å². The second kappa shape index (κ2) is 7.50. The predicted molar refractivity (Wildman–Crippen MR) is 90.3 cm³/mol. The molecule has 1 aromatic carbocycles. The Balaban J connectivity index is 0.000000463. The van der Waals surface area contributed by atoms with Gasteiger partial charge in [0, 0.05) is 11.3 Å². The summed E-state index contributed by atoms with van der Waals surface area (Å²) in [5.74, 6) is 0.584. The molecule has 0 aliphatic carbocycles. The number of halogens is 3. The molecule has 0 unspecified atom stereocenters. The van der Waals surface area contributed by atoms with Crippen LogP contribution in [0.25, 0.3) is 11.3 Å². The molecule has 11 heteroatoms. The minimum absolute atomic E-state index is 0.262. The third kappa shape index (κ3) is 6.00. The van der Waals surface area contributed by atoms with E-state index in [1.54, 1.807) is 29.9 Å². The Morgan fingerprint density at radius 2 is 1.74 bits per heavy atom. The summed E-state index contributed by atoms with van der Waals surface area (Å²) in [6.45, 7) is 0. The van der Waals surface area contributed by atoms with Crippen molar-refractivity contribution in [3.05, 3.63) is 33.4 Å². The van der Waals surface area contributed by atoms with Gasteiger partial charge in [0.1, 0.15) is 7.05 Å². The zero-order valence-electron chi connectivity index (χ0n) is 12.0. The van der Waals surface area contributed by atoms with Crippen LogP contribution in [0.15, 0.2) is 18.3 Å². The van der Waals surface area contributed by atoms with Crippen LogP contribution in [0.1, 0.15) is 0 Å². The van der Waals surface area contributed by atoms with E-state index >= 15 is 0 Å². The molecule has 0 aliphatic rings. The van der Waals surface area contributed by atoms with E-state index in [2.05, 4.69) is 4.98 Å². The number of anilines is 2. The second-order valence-electron chi connectivity index (χ2n) is 4.46. The van der Waals surface area contributed by atoms with Crippen LogP contribution in [0, 0.1) is 0 Å². The number of rotatable bonds is 1. The zero-order chi connectivity index (χ0) is 17.9. The van der Waals surface area contributed by atoms with Crippen molar-refractivity contribution in [2.24, 2.45) is 7.05 Å². The summed E-state index contributed by atoms with van der Waals surface area (Å²) in [5.41, 5.74) is 12.7. The quantitative estimate of drug-likeness (QED) is 0.428. The van der Waals surface area contributed by atoms with Gasteiger partial charge < -0.3 is 16.0 Å². The first-order valence-corrected chi connectivity index (χ1v) is 8.82. The van der Waals surface area contributed by atoms with Crippen molar-refractivity contribution in [2.45, 2.75) is 0 Å². The third-order valence-electron chi connectivity index (χ3n) is 2.42. The van der Waals surface area contributed by atoms with Gasteiger partial charge in [-0.05, 0) is 12.1 Å². The first-order valence-electron chi connectivity index (χ1n) is 5.87. The molecule has 0 saturated carbocycles. The minimum Gasteiger partial charge on any atom is -0.748 e. The summed E-state index contributed by atoms with van der Waals surface area (Å²) in [7, 11) is -2.13. The highest BCUT2D eigenvalue weighted by Crippen LogP contribution is 2.36. The molecule has 0 amide bonds.